The lowest BCUT2D eigenvalue weighted by Crippen LogP contribution is -2.16. The van der Waals surface area contributed by atoms with Crippen molar-refractivity contribution in [3.8, 4) is 34.0 Å². The molecule has 0 aliphatic heterocycles. The van der Waals surface area contributed by atoms with Crippen LogP contribution in [0.2, 0.25) is 5.02 Å². The van der Waals surface area contributed by atoms with E-state index in [1.54, 1.807) is 60.7 Å². The van der Waals surface area contributed by atoms with Crippen LogP contribution in [0, 0.1) is 0 Å². The molecule has 0 unspecified atom stereocenters. The summed E-state index contributed by atoms with van der Waals surface area (Å²) in [6.07, 6.45) is 0. The number of benzene rings is 3. The Kier molecular flexibility index (Phi) is 4.87. The minimum Gasteiger partial charge on any atom is -0.507 e. The molecule has 0 aliphatic carbocycles. The second-order valence-corrected chi connectivity index (χ2v) is 8.33. The van der Waals surface area contributed by atoms with Crippen molar-refractivity contribution < 1.29 is 13.5 Å². The van der Waals surface area contributed by atoms with E-state index in [2.05, 4.69) is 5.10 Å². The summed E-state index contributed by atoms with van der Waals surface area (Å²) in [6, 6.07) is 22.0. The van der Waals surface area contributed by atoms with Crippen molar-refractivity contribution in [1.82, 2.24) is 9.78 Å². The van der Waals surface area contributed by atoms with Crippen molar-refractivity contribution >= 4 is 21.6 Å². The summed E-state index contributed by atoms with van der Waals surface area (Å²) in [5.74, 6) is 0.0690. The van der Waals surface area contributed by atoms with E-state index in [-0.39, 0.29) is 10.6 Å². The first-order chi connectivity index (χ1) is 13.8. The van der Waals surface area contributed by atoms with Gasteiger partial charge in [-0.1, -0.05) is 48.0 Å². The summed E-state index contributed by atoms with van der Waals surface area (Å²) in [5, 5.41) is 20.8. The fourth-order valence-electron chi connectivity index (χ4n) is 3.09. The average molecular weight is 426 g/mol. The molecular formula is C21H16ClN3O3S. The Labute approximate surface area is 172 Å². The number of halogens is 1. The summed E-state index contributed by atoms with van der Waals surface area (Å²) in [7, 11) is -3.98. The lowest BCUT2D eigenvalue weighted by molar-refractivity contribution is 0.477. The van der Waals surface area contributed by atoms with Gasteiger partial charge in [-0.3, -0.25) is 0 Å². The molecule has 0 radical (unpaired) electrons. The summed E-state index contributed by atoms with van der Waals surface area (Å²) in [5.41, 5.74) is 2.71. The number of rotatable bonds is 4. The van der Waals surface area contributed by atoms with Crippen LogP contribution in [0.1, 0.15) is 0 Å². The van der Waals surface area contributed by atoms with E-state index in [1.807, 2.05) is 12.1 Å². The molecule has 3 N–H and O–H groups in total. The van der Waals surface area contributed by atoms with Gasteiger partial charge in [0, 0.05) is 16.1 Å². The van der Waals surface area contributed by atoms with Gasteiger partial charge in [0.05, 0.1) is 17.1 Å². The second-order valence-electron chi connectivity index (χ2n) is 6.36. The van der Waals surface area contributed by atoms with Gasteiger partial charge in [-0.05, 0) is 42.5 Å². The number of hydrogen-bond acceptors (Lipinski definition) is 4. The zero-order valence-electron chi connectivity index (χ0n) is 15.0. The van der Waals surface area contributed by atoms with Gasteiger partial charge >= 0.3 is 0 Å². The zero-order chi connectivity index (χ0) is 20.6. The van der Waals surface area contributed by atoms with Crippen molar-refractivity contribution in [2.75, 3.05) is 0 Å². The number of phenols is 1. The Hall–Kier alpha value is -3.13. The molecule has 0 spiro atoms. The van der Waals surface area contributed by atoms with Crippen LogP contribution in [0.15, 0.2) is 83.8 Å². The standard InChI is InChI=1S/C21H16ClN3O3S/c22-15-11-9-14(10-12-15)19-13-17(16-5-1-3-7-20(16)26)24-25(19)18-6-2-4-8-21(18)29(23,27)28/h1-13,26H,(H2,23,27,28). The van der Waals surface area contributed by atoms with E-state index >= 15 is 0 Å². The molecular weight excluding hydrogens is 410 g/mol. The summed E-state index contributed by atoms with van der Waals surface area (Å²) in [6.45, 7) is 0. The lowest BCUT2D eigenvalue weighted by atomic mass is 10.1. The molecule has 146 valence electrons. The van der Waals surface area contributed by atoms with Crippen molar-refractivity contribution in [1.29, 1.82) is 0 Å². The maximum absolute atomic E-state index is 12.1. The van der Waals surface area contributed by atoms with Gasteiger partial charge < -0.3 is 5.11 Å². The zero-order valence-corrected chi connectivity index (χ0v) is 16.6. The SMILES string of the molecule is NS(=O)(=O)c1ccccc1-n1nc(-c2ccccc2O)cc1-c1ccc(Cl)cc1. The molecule has 1 heterocycles. The highest BCUT2D eigenvalue weighted by Crippen LogP contribution is 2.34. The lowest BCUT2D eigenvalue weighted by Gasteiger charge is -2.11. The third-order valence-electron chi connectivity index (χ3n) is 4.43. The van der Waals surface area contributed by atoms with Crippen molar-refractivity contribution in [2.45, 2.75) is 4.90 Å². The molecule has 0 atom stereocenters. The maximum Gasteiger partial charge on any atom is 0.240 e. The third-order valence-corrected chi connectivity index (χ3v) is 5.64. The van der Waals surface area contributed by atoms with Gasteiger partial charge in [-0.2, -0.15) is 5.10 Å². The van der Waals surface area contributed by atoms with E-state index in [0.717, 1.165) is 5.56 Å². The normalized spacial score (nSPS) is 11.5. The highest BCUT2D eigenvalue weighted by Gasteiger charge is 2.20. The van der Waals surface area contributed by atoms with E-state index in [0.29, 0.717) is 27.7 Å². The Morgan fingerprint density at radius 3 is 2.28 bits per heavy atom. The highest BCUT2D eigenvalue weighted by molar-refractivity contribution is 7.89. The van der Waals surface area contributed by atoms with Crippen molar-refractivity contribution in [2.24, 2.45) is 5.14 Å². The largest absolute Gasteiger partial charge is 0.507 e. The maximum atomic E-state index is 12.1. The second kappa shape index (κ2) is 7.36. The topological polar surface area (TPSA) is 98.2 Å². The Balaban J connectivity index is 2.01. The first-order valence-corrected chi connectivity index (χ1v) is 10.5. The highest BCUT2D eigenvalue weighted by atomic mass is 35.5. The Morgan fingerprint density at radius 2 is 1.59 bits per heavy atom. The molecule has 0 saturated heterocycles. The van der Waals surface area contributed by atoms with E-state index in [9.17, 15) is 13.5 Å². The molecule has 3 aromatic carbocycles. The molecule has 29 heavy (non-hydrogen) atoms. The first kappa shape index (κ1) is 19.2. The van der Waals surface area contributed by atoms with Gasteiger partial charge in [-0.15, -0.1) is 0 Å². The number of hydrogen-bond donors (Lipinski definition) is 2. The molecule has 0 saturated carbocycles. The monoisotopic (exact) mass is 425 g/mol. The molecule has 0 amide bonds. The van der Waals surface area contributed by atoms with Crippen molar-refractivity contribution in [3.05, 3.63) is 83.9 Å². The van der Waals surface area contributed by atoms with E-state index < -0.39 is 10.0 Å². The average Bonchev–Trinajstić information content (AvgIpc) is 3.13. The number of phenolic OH excluding ortho intramolecular Hbond substituents is 1. The van der Waals surface area contributed by atoms with Crippen LogP contribution in [0.4, 0.5) is 0 Å². The molecule has 1 aromatic heterocycles. The fraction of sp³-hybridized carbons (Fsp3) is 0. The van der Waals surface area contributed by atoms with Gasteiger partial charge in [0.25, 0.3) is 0 Å². The molecule has 4 aromatic rings. The predicted octanol–water partition coefficient (Wildman–Crippen LogP) is 4.21. The summed E-state index contributed by atoms with van der Waals surface area (Å²) in [4.78, 5) is -0.0536. The number of nitrogens with zero attached hydrogens (tertiary/aromatic N) is 2. The number of aromatic hydroxyl groups is 1. The van der Waals surface area contributed by atoms with Crippen molar-refractivity contribution in [3.63, 3.8) is 0 Å². The first-order valence-electron chi connectivity index (χ1n) is 8.61. The minimum absolute atomic E-state index is 0.0536. The summed E-state index contributed by atoms with van der Waals surface area (Å²) < 4.78 is 25.8. The predicted molar refractivity (Wildman–Crippen MR) is 112 cm³/mol. The van der Waals surface area contributed by atoms with Crippen LogP contribution in [0.5, 0.6) is 5.75 Å². The van der Waals surface area contributed by atoms with Gasteiger partial charge in [0.15, 0.2) is 0 Å². The fourth-order valence-corrected chi connectivity index (χ4v) is 3.93. The number of primary sulfonamides is 1. The Bertz CT molecular complexity index is 1300. The van der Waals surface area contributed by atoms with Crippen LogP contribution in [0.3, 0.4) is 0 Å². The van der Waals surface area contributed by atoms with E-state index in [4.69, 9.17) is 16.7 Å². The molecule has 8 heteroatoms. The third kappa shape index (κ3) is 3.75. The number of para-hydroxylation sites is 2. The van der Waals surface area contributed by atoms with Gasteiger partial charge in [-0.25, -0.2) is 18.2 Å². The Morgan fingerprint density at radius 1 is 0.931 bits per heavy atom. The molecule has 4 rings (SSSR count). The van der Waals surface area contributed by atoms with Crippen LogP contribution >= 0.6 is 11.6 Å². The quantitative estimate of drug-likeness (QED) is 0.511. The molecule has 6 nitrogen and oxygen atoms in total. The number of aromatic nitrogens is 2. The van der Waals surface area contributed by atoms with Crippen LogP contribution in [-0.2, 0) is 10.0 Å². The number of sulfonamides is 1. The van der Waals surface area contributed by atoms with Crippen LogP contribution in [-0.4, -0.2) is 23.3 Å². The van der Waals surface area contributed by atoms with Crippen LogP contribution < -0.4 is 5.14 Å². The molecule has 0 bridgehead atoms. The van der Waals surface area contributed by atoms with Crippen LogP contribution in [0.25, 0.3) is 28.2 Å². The number of nitrogens with two attached hydrogens (primary N) is 1. The van der Waals surface area contributed by atoms with E-state index in [1.165, 1.54) is 10.7 Å². The minimum atomic E-state index is -3.98. The summed E-state index contributed by atoms with van der Waals surface area (Å²) >= 11 is 6.01. The smallest absolute Gasteiger partial charge is 0.240 e. The molecule has 0 fully saturated rings. The molecule has 0 aliphatic rings. The van der Waals surface area contributed by atoms with Gasteiger partial charge in [0.1, 0.15) is 10.6 Å². The van der Waals surface area contributed by atoms with Gasteiger partial charge in [0.2, 0.25) is 10.0 Å².